The lowest BCUT2D eigenvalue weighted by Crippen LogP contribution is -2.30. The lowest BCUT2D eigenvalue weighted by molar-refractivity contribution is 0.174. The normalized spacial score (nSPS) is 13.9. The molecule has 0 atom stereocenters. The number of aromatic hydroxyl groups is 2. The molecule has 6 heteroatoms. The second-order valence-corrected chi connectivity index (χ2v) is 7.40. The summed E-state index contributed by atoms with van der Waals surface area (Å²) in [5, 5.41) is 24.9. The molecule has 144 valence electrons. The largest absolute Gasteiger partial charge is 0.508 e. The van der Waals surface area contributed by atoms with Crippen molar-refractivity contribution in [2.75, 3.05) is 13.9 Å². The summed E-state index contributed by atoms with van der Waals surface area (Å²) in [5.41, 5.74) is 2.11. The monoisotopic (exact) mass is 371 g/mol. The molecule has 2 N–H and O–H groups in total. The maximum Gasteiger partial charge on any atom is 0.231 e. The summed E-state index contributed by atoms with van der Waals surface area (Å²) in [5.74, 6) is 1.47. The summed E-state index contributed by atoms with van der Waals surface area (Å²) in [6.07, 6.45) is 0. The number of benzene rings is 2. The van der Waals surface area contributed by atoms with E-state index in [0.29, 0.717) is 22.8 Å². The molecular weight excluding hydrogens is 346 g/mol. The van der Waals surface area contributed by atoms with E-state index in [1.807, 2.05) is 45.9 Å². The molecule has 1 aliphatic rings. The predicted octanol–water partition coefficient (Wildman–Crippen LogP) is 4.28. The first kappa shape index (κ1) is 18.9. The summed E-state index contributed by atoms with van der Waals surface area (Å²) in [6.45, 7) is 8.14. The number of hydrogen-bond acceptors (Lipinski definition) is 6. The fourth-order valence-electron chi connectivity index (χ4n) is 3.26. The Balaban J connectivity index is 2.13. The Morgan fingerprint density at radius 3 is 2.44 bits per heavy atom. The summed E-state index contributed by atoms with van der Waals surface area (Å²) in [7, 11) is 1.47. The van der Waals surface area contributed by atoms with Gasteiger partial charge >= 0.3 is 0 Å². The summed E-state index contributed by atoms with van der Waals surface area (Å²) < 4.78 is 10.9. The van der Waals surface area contributed by atoms with Gasteiger partial charge in [-0.15, -0.1) is 0 Å². The molecule has 27 heavy (non-hydrogen) atoms. The third kappa shape index (κ3) is 3.39. The van der Waals surface area contributed by atoms with Crippen molar-refractivity contribution in [1.82, 2.24) is 0 Å². The third-order valence-electron chi connectivity index (χ3n) is 4.89. The van der Waals surface area contributed by atoms with Gasteiger partial charge in [0.25, 0.3) is 0 Å². The molecule has 1 aliphatic heterocycles. The molecule has 0 unspecified atom stereocenters. The van der Waals surface area contributed by atoms with Crippen LogP contribution in [0.25, 0.3) is 0 Å². The molecule has 0 saturated heterocycles. The molecule has 0 fully saturated rings. The third-order valence-corrected chi connectivity index (χ3v) is 4.89. The van der Waals surface area contributed by atoms with Crippen LogP contribution in [-0.2, 0) is 10.3 Å². The van der Waals surface area contributed by atoms with E-state index < -0.39 is 5.41 Å². The average molecular weight is 371 g/mol. The first-order valence-electron chi connectivity index (χ1n) is 8.83. The molecule has 0 spiro atoms. The van der Waals surface area contributed by atoms with E-state index in [1.165, 1.54) is 13.2 Å². The number of oxime groups is 1. The lowest BCUT2D eigenvalue weighted by Gasteiger charge is -2.28. The number of nitrogens with zero attached hydrogens (tertiary/aromatic N) is 1. The molecular formula is C21H25NO5. The van der Waals surface area contributed by atoms with Crippen molar-refractivity contribution in [1.29, 1.82) is 0 Å². The molecule has 0 radical (unpaired) electrons. The van der Waals surface area contributed by atoms with Crippen LogP contribution < -0.4 is 9.47 Å². The molecule has 2 aromatic rings. The van der Waals surface area contributed by atoms with Crippen molar-refractivity contribution in [3.05, 3.63) is 47.0 Å². The highest BCUT2D eigenvalue weighted by molar-refractivity contribution is 6.09. The molecule has 6 nitrogen and oxygen atoms in total. The topological polar surface area (TPSA) is 80.5 Å². The van der Waals surface area contributed by atoms with Crippen molar-refractivity contribution >= 4 is 5.71 Å². The molecule has 0 aliphatic carbocycles. The van der Waals surface area contributed by atoms with Gasteiger partial charge in [0.05, 0.1) is 0 Å². The number of ether oxygens (including phenoxy) is 2. The SMILES string of the molecule is CON=C(c1cc(C(C)C)c(O)cc1O)C(C)(C)c1ccc2c(c1)OCO2. The Labute approximate surface area is 159 Å². The Morgan fingerprint density at radius 2 is 1.78 bits per heavy atom. The first-order valence-corrected chi connectivity index (χ1v) is 8.83. The highest BCUT2D eigenvalue weighted by atomic mass is 16.7. The number of hydrogen-bond donors (Lipinski definition) is 2. The first-order chi connectivity index (χ1) is 12.8. The number of rotatable bonds is 5. The van der Waals surface area contributed by atoms with Crippen molar-refractivity contribution in [2.45, 2.75) is 39.0 Å². The van der Waals surface area contributed by atoms with Crippen LogP contribution in [0, 0.1) is 0 Å². The number of phenols is 2. The van der Waals surface area contributed by atoms with Gasteiger partial charge in [-0.1, -0.05) is 38.9 Å². The summed E-state index contributed by atoms with van der Waals surface area (Å²) in [6, 6.07) is 8.83. The second-order valence-electron chi connectivity index (χ2n) is 7.40. The molecule has 1 heterocycles. The van der Waals surface area contributed by atoms with Crippen molar-refractivity contribution in [3.8, 4) is 23.0 Å². The Kier molecular flexibility index (Phi) is 4.91. The van der Waals surface area contributed by atoms with Gasteiger partial charge in [0.1, 0.15) is 24.3 Å². The summed E-state index contributed by atoms with van der Waals surface area (Å²) >= 11 is 0. The minimum atomic E-state index is -0.611. The van der Waals surface area contributed by atoms with Gasteiger partial charge in [-0.05, 0) is 35.2 Å². The predicted molar refractivity (Wildman–Crippen MR) is 103 cm³/mol. The summed E-state index contributed by atoms with van der Waals surface area (Å²) in [4.78, 5) is 5.10. The van der Waals surface area contributed by atoms with Gasteiger partial charge in [-0.3, -0.25) is 0 Å². The fraction of sp³-hybridized carbons (Fsp3) is 0.381. The lowest BCUT2D eigenvalue weighted by atomic mass is 9.76. The molecule has 0 amide bonds. The maximum atomic E-state index is 10.5. The zero-order chi connectivity index (χ0) is 19.8. The van der Waals surface area contributed by atoms with Crippen LogP contribution in [0.1, 0.15) is 50.3 Å². The van der Waals surface area contributed by atoms with Gasteiger partial charge in [0.15, 0.2) is 11.5 Å². The minimum absolute atomic E-state index is 0.0541. The van der Waals surface area contributed by atoms with Crippen molar-refractivity contribution in [2.24, 2.45) is 5.16 Å². The minimum Gasteiger partial charge on any atom is -0.508 e. The Morgan fingerprint density at radius 1 is 1.07 bits per heavy atom. The molecule has 2 aromatic carbocycles. The average Bonchev–Trinajstić information content (AvgIpc) is 3.07. The zero-order valence-electron chi connectivity index (χ0n) is 16.2. The van der Waals surface area contributed by atoms with Crippen LogP contribution in [0.15, 0.2) is 35.5 Å². The van der Waals surface area contributed by atoms with Gasteiger partial charge < -0.3 is 24.5 Å². The van der Waals surface area contributed by atoms with Gasteiger partial charge in [0, 0.05) is 17.0 Å². The molecule has 0 bridgehead atoms. The van der Waals surface area contributed by atoms with E-state index >= 15 is 0 Å². The van der Waals surface area contributed by atoms with E-state index in [0.717, 1.165) is 11.1 Å². The van der Waals surface area contributed by atoms with Gasteiger partial charge in [-0.2, -0.15) is 0 Å². The number of phenolic OH excluding ortho intramolecular Hbond substituents is 2. The van der Waals surface area contributed by atoms with Crippen LogP contribution in [0.2, 0.25) is 0 Å². The van der Waals surface area contributed by atoms with Crippen LogP contribution >= 0.6 is 0 Å². The maximum absolute atomic E-state index is 10.5. The highest BCUT2D eigenvalue weighted by Gasteiger charge is 2.33. The van der Waals surface area contributed by atoms with Crippen LogP contribution in [0.4, 0.5) is 0 Å². The molecule has 0 saturated carbocycles. The van der Waals surface area contributed by atoms with E-state index in [9.17, 15) is 10.2 Å². The van der Waals surface area contributed by atoms with Crippen LogP contribution in [0.5, 0.6) is 23.0 Å². The smallest absolute Gasteiger partial charge is 0.231 e. The quantitative estimate of drug-likeness (QED) is 0.606. The zero-order valence-corrected chi connectivity index (χ0v) is 16.2. The standard InChI is InChI=1S/C21H25NO5/c1-12(2)14-9-15(17(24)10-16(14)23)20(22-25-5)21(3,4)13-6-7-18-19(8-13)27-11-26-18/h6-10,12,23-24H,11H2,1-5H3. The molecule has 3 rings (SSSR count). The van der Waals surface area contributed by atoms with Crippen molar-refractivity contribution in [3.63, 3.8) is 0 Å². The Bertz CT molecular complexity index is 886. The van der Waals surface area contributed by atoms with Gasteiger partial charge in [0.2, 0.25) is 6.79 Å². The Hall–Kier alpha value is -2.89. The van der Waals surface area contributed by atoms with Crippen molar-refractivity contribution < 1.29 is 24.5 Å². The van der Waals surface area contributed by atoms with E-state index in [1.54, 1.807) is 6.07 Å². The van der Waals surface area contributed by atoms with Crippen LogP contribution in [0.3, 0.4) is 0 Å². The van der Waals surface area contributed by atoms with E-state index in [2.05, 4.69) is 5.16 Å². The second kappa shape index (κ2) is 7.02. The van der Waals surface area contributed by atoms with Crippen LogP contribution in [-0.4, -0.2) is 29.8 Å². The number of fused-ring (bicyclic) bond motifs is 1. The van der Waals surface area contributed by atoms with E-state index in [-0.39, 0.29) is 24.2 Å². The van der Waals surface area contributed by atoms with E-state index in [4.69, 9.17) is 14.3 Å². The fourth-order valence-corrected chi connectivity index (χ4v) is 3.26. The highest BCUT2D eigenvalue weighted by Crippen LogP contribution is 2.40. The molecule has 0 aromatic heterocycles. The van der Waals surface area contributed by atoms with Gasteiger partial charge in [-0.25, -0.2) is 0 Å².